The number of H-pyrrole nitrogens is 1. The van der Waals surface area contributed by atoms with Gasteiger partial charge in [-0.05, 0) is 36.9 Å². The average Bonchev–Trinajstić information content (AvgIpc) is 3.17. The number of nitrogens with zero attached hydrogens (tertiary/aromatic N) is 3. The summed E-state index contributed by atoms with van der Waals surface area (Å²) < 4.78 is 6.84. The van der Waals surface area contributed by atoms with E-state index in [1.165, 1.54) is 20.0 Å². The van der Waals surface area contributed by atoms with Gasteiger partial charge in [0.15, 0.2) is 0 Å². The van der Waals surface area contributed by atoms with Crippen molar-refractivity contribution >= 4 is 5.97 Å². The SMILES string of the molecule is COC(=O)c1cc(CN2CCC[C@H](Cc3nccn3C)C2)c[nH]1. The number of imidazole rings is 1. The van der Waals surface area contributed by atoms with E-state index in [4.69, 9.17) is 4.74 Å². The molecule has 1 atom stereocenters. The first-order chi connectivity index (χ1) is 11.2. The summed E-state index contributed by atoms with van der Waals surface area (Å²) in [5, 5.41) is 0. The maximum Gasteiger partial charge on any atom is 0.354 e. The van der Waals surface area contributed by atoms with Crippen molar-refractivity contribution in [2.45, 2.75) is 25.8 Å². The summed E-state index contributed by atoms with van der Waals surface area (Å²) in [6, 6.07) is 1.88. The second-order valence-electron chi connectivity index (χ2n) is 6.32. The number of carbonyl (C=O) groups is 1. The number of esters is 1. The van der Waals surface area contributed by atoms with E-state index >= 15 is 0 Å². The molecule has 0 aliphatic carbocycles. The molecule has 0 amide bonds. The van der Waals surface area contributed by atoms with E-state index in [1.54, 1.807) is 0 Å². The molecule has 2 aromatic heterocycles. The number of hydrogen-bond donors (Lipinski definition) is 1. The number of nitrogens with one attached hydrogen (secondary N) is 1. The lowest BCUT2D eigenvalue weighted by atomic mass is 9.94. The number of methoxy groups -OCH3 is 1. The van der Waals surface area contributed by atoms with Crippen LogP contribution in [0.4, 0.5) is 0 Å². The van der Waals surface area contributed by atoms with Crippen LogP contribution in [0, 0.1) is 5.92 Å². The molecular formula is C17H24N4O2. The Bertz CT molecular complexity index is 661. The van der Waals surface area contributed by atoms with E-state index in [1.807, 2.05) is 24.7 Å². The summed E-state index contributed by atoms with van der Waals surface area (Å²) in [6.07, 6.45) is 9.26. The summed E-state index contributed by atoms with van der Waals surface area (Å²) in [5.41, 5.74) is 1.65. The first-order valence-electron chi connectivity index (χ1n) is 8.10. The fourth-order valence-electron chi connectivity index (χ4n) is 3.33. The van der Waals surface area contributed by atoms with Gasteiger partial charge in [-0.3, -0.25) is 4.90 Å². The Hall–Kier alpha value is -2.08. The normalized spacial score (nSPS) is 19.0. The summed E-state index contributed by atoms with van der Waals surface area (Å²) in [4.78, 5) is 21.4. The van der Waals surface area contributed by atoms with Gasteiger partial charge in [0.2, 0.25) is 0 Å². The van der Waals surface area contributed by atoms with Crippen molar-refractivity contribution in [2.24, 2.45) is 13.0 Å². The predicted octanol–water partition coefficient (Wildman–Crippen LogP) is 1.99. The van der Waals surface area contributed by atoms with Crippen molar-refractivity contribution in [3.8, 4) is 0 Å². The van der Waals surface area contributed by atoms with Crippen LogP contribution in [0.5, 0.6) is 0 Å². The lowest BCUT2D eigenvalue weighted by Gasteiger charge is -2.32. The van der Waals surface area contributed by atoms with Crippen molar-refractivity contribution in [2.75, 3.05) is 20.2 Å². The predicted molar refractivity (Wildman–Crippen MR) is 87.0 cm³/mol. The molecule has 2 aromatic rings. The van der Waals surface area contributed by atoms with E-state index in [-0.39, 0.29) is 5.97 Å². The summed E-state index contributed by atoms with van der Waals surface area (Å²) in [6.45, 7) is 3.05. The van der Waals surface area contributed by atoms with Crippen LogP contribution in [0.15, 0.2) is 24.7 Å². The van der Waals surface area contributed by atoms with Crippen LogP contribution in [0.25, 0.3) is 0 Å². The third kappa shape index (κ3) is 3.82. The second-order valence-corrected chi connectivity index (χ2v) is 6.32. The van der Waals surface area contributed by atoms with Gasteiger partial charge in [-0.15, -0.1) is 0 Å². The van der Waals surface area contributed by atoms with Crippen molar-refractivity contribution in [3.05, 3.63) is 41.7 Å². The van der Waals surface area contributed by atoms with E-state index < -0.39 is 0 Å². The van der Waals surface area contributed by atoms with Crippen LogP contribution in [-0.2, 0) is 24.8 Å². The lowest BCUT2D eigenvalue weighted by Crippen LogP contribution is -2.36. The average molecular weight is 316 g/mol. The lowest BCUT2D eigenvalue weighted by molar-refractivity contribution is 0.0594. The van der Waals surface area contributed by atoms with Gasteiger partial charge in [0, 0.05) is 45.1 Å². The highest BCUT2D eigenvalue weighted by Crippen LogP contribution is 2.22. The Morgan fingerprint density at radius 1 is 1.52 bits per heavy atom. The number of aryl methyl sites for hydroxylation is 1. The number of hydrogen-bond acceptors (Lipinski definition) is 4. The zero-order valence-corrected chi connectivity index (χ0v) is 13.8. The van der Waals surface area contributed by atoms with Crippen LogP contribution in [0.1, 0.15) is 34.7 Å². The molecule has 3 heterocycles. The molecule has 1 saturated heterocycles. The molecule has 124 valence electrons. The summed E-state index contributed by atoms with van der Waals surface area (Å²) in [5.74, 6) is 1.48. The molecule has 3 rings (SSSR count). The number of likely N-dealkylation sites (tertiary alicyclic amines) is 1. The van der Waals surface area contributed by atoms with Gasteiger partial charge >= 0.3 is 5.97 Å². The maximum atomic E-state index is 11.5. The van der Waals surface area contributed by atoms with Gasteiger partial charge < -0.3 is 14.3 Å². The maximum absolute atomic E-state index is 11.5. The fourth-order valence-corrected chi connectivity index (χ4v) is 3.33. The summed E-state index contributed by atoms with van der Waals surface area (Å²) >= 11 is 0. The number of ether oxygens (including phenoxy) is 1. The van der Waals surface area contributed by atoms with Crippen LogP contribution < -0.4 is 0 Å². The third-order valence-corrected chi connectivity index (χ3v) is 4.55. The first-order valence-corrected chi connectivity index (χ1v) is 8.10. The highest BCUT2D eigenvalue weighted by molar-refractivity contribution is 5.87. The van der Waals surface area contributed by atoms with Gasteiger partial charge in [-0.25, -0.2) is 9.78 Å². The zero-order chi connectivity index (χ0) is 16.2. The van der Waals surface area contributed by atoms with Gasteiger partial charge in [0.1, 0.15) is 11.5 Å². The standard InChI is InChI=1S/C17H24N4O2/c1-20-7-5-18-16(20)9-13-4-3-6-21(11-13)12-14-8-15(19-10-14)17(22)23-2/h5,7-8,10,13,19H,3-4,6,9,11-12H2,1-2H3/t13-/m1/s1. The van der Waals surface area contributed by atoms with Crippen LogP contribution in [0.3, 0.4) is 0 Å². The minimum atomic E-state index is -0.317. The number of piperidine rings is 1. The minimum absolute atomic E-state index is 0.317. The quantitative estimate of drug-likeness (QED) is 0.857. The molecule has 0 radical (unpaired) electrons. The fraction of sp³-hybridized carbons (Fsp3) is 0.529. The summed E-state index contributed by atoms with van der Waals surface area (Å²) in [7, 11) is 3.45. The van der Waals surface area contributed by atoms with E-state index in [9.17, 15) is 4.79 Å². The van der Waals surface area contributed by atoms with E-state index in [0.29, 0.717) is 11.6 Å². The van der Waals surface area contributed by atoms with Crippen molar-refractivity contribution in [1.82, 2.24) is 19.4 Å². The number of carbonyl (C=O) groups excluding carboxylic acids is 1. The Morgan fingerprint density at radius 3 is 3.13 bits per heavy atom. The molecule has 1 fully saturated rings. The highest BCUT2D eigenvalue weighted by Gasteiger charge is 2.22. The molecule has 23 heavy (non-hydrogen) atoms. The van der Waals surface area contributed by atoms with Crippen molar-refractivity contribution in [3.63, 3.8) is 0 Å². The topological polar surface area (TPSA) is 63.1 Å². The number of aromatic nitrogens is 3. The minimum Gasteiger partial charge on any atom is -0.464 e. The van der Waals surface area contributed by atoms with Gasteiger partial charge in [-0.1, -0.05) is 0 Å². The number of rotatable bonds is 5. The molecular weight excluding hydrogens is 292 g/mol. The monoisotopic (exact) mass is 316 g/mol. The van der Waals surface area contributed by atoms with Gasteiger partial charge in [-0.2, -0.15) is 0 Å². The van der Waals surface area contributed by atoms with E-state index in [2.05, 4.69) is 26.5 Å². The van der Waals surface area contributed by atoms with Crippen molar-refractivity contribution in [1.29, 1.82) is 0 Å². The third-order valence-electron chi connectivity index (χ3n) is 4.55. The Kier molecular flexibility index (Phi) is 4.81. The Morgan fingerprint density at radius 2 is 2.39 bits per heavy atom. The molecule has 0 unspecified atom stereocenters. The zero-order valence-electron chi connectivity index (χ0n) is 13.8. The smallest absolute Gasteiger partial charge is 0.354 e. The largest absolute Gasteiger partial charge is 0.464 e. The van der Waals surface area contributed by atoms with Crippen LogP contribution in [-0.4, -0.2) is 45.6 Å². The molecule has 1 N–H and O–H groups in total. The Balaban J connectivity index is 1.57. The molecule has 0 saturated carbocycles. The van der Waals surface area contributed by atoms with Crippen LogP contribution >= 0.6 is 0 Å². The Labute approximate surface area is 136 Å². The molecule has 1 aliphatic rings. The molecule has 1 aliphatic heterocycles. The molecule has 0 bridgehead atoms. The van der Waals surface area contributed by atoms with Gasteiger partial charge in [0.05, 0.1) is 7.11 Å². The van der Waals surface area contributed by atoms with Crippen molar-refractivity contribution < 1.29 is 9.53 Å². The van der Waals surface area contributed by atoms with Crippen LogP contribution in [0.2, 0.25) is 0 Å². The first kappa shape index (κ1) is 15.8. The van der Waals surface area contributed by atoms with E-state index in [0.717, 1.165) is 37.4 Å². The van der Waals surface area contributed by atoms with Gasteiger partial charge in [0.25, 0.3) is 0 Å². The molecule has 6 nitrogen and oxygen atoms in total. The highest BCUT2D eigenvalue weighted by atomic mass is 16.5. The number of aromatic amines is 1. The molecule has 0 aromatic carbocycles. The molecule has 0 spiro atoms. The molecule has 6 heteroatoms. The second kappa shape index (κ2) is 7.00.